The van der Waals surface area contributed by atoms with Crippen molar-refractivity contribution in [1.29, 1.82) is 0 Å². The highest BCUT2D eigenvalue weighted by atomic mass is 16.6. The van der Waals surface area contributed by atoms with Crippen LogP contribution in [0.5, 0.6) is 23.0 Å². The Bertz CT molecular complexity index is 897. The van der Waals surface area contributed by atoms with Crippen molar-refractivity contribution in [2.45, 2.75) is 175 Å². The van der Waals surface area contributed by atoms with E-state index in [2.05, 4.69) is 41.5 Å². The molecule has 40 heavy (non-hydrogen) atoms. The van der Waals surface area contributed by atoms with E-state index in [0.29, 0.717) is 27.7 Å². The third-order valence-electron chi connectivity index (χ3n) is 12.4. The zero-order chi connectivity index (χ0) is 28.8. The van der Waals surface area contributed by atoms with Gasteiger partial charge in [-0.25, -0.2) is 0 Å². The summed E-state index contributed by atoms with van der Waals surface area (Å²) in [5.74, 6) is 2.10. The van der Waals surface area contributed by atoms with Crippen molar-refractivity contribution in [3.63, 3.8) is 0 Å². The fraction of sp³-hybridized carbons (Fsp3) is 0.833. The first-order valence-corrected chi connectivity index (χ1v) is 17.1. The molecule has 0 aliphatic heterocycles. The predicted molar refractivity (Wildman–Crippen MR) is 166 cm³/mol. The second-order valence-corrected chi connectivity index (χ2v) is 13.8. The molecule has 0 bridgehead atoms. The number of phenolic OH excluding ortho intramolecular Hbond substituents is 1. The third-order valence-corrected chi connectivity index (χ3v) is 12.4. The average Bonchev–Trinajstić information content (AvgIpc) is 3.01. The van der Waals surface area contributed by atoms with Gasteiger partial charge in [0, 0.05) is 0 Å². The normalized spacial score (nSPS) is 23.6. The van der Waals surface area contributed by atoms with Crippen LogP contribution >= 0.6 is 0 Å². The number of hydrogen-bond acceptors (Lipinski definition) is 4. The van der Waals surface area contributed by atoms with Crippen LogP contribution in [0.2, 0.25) is 0 Å². The van der Waals surface area contributed by atoms with Crippen LogP contribution in [0.15, 0.2) is 12.1 Å². The molecule has 0 aromatic heterocycles. The molecule has 0 radical (unpaired) electrons. The highest BCUT2D eigenvalue weighted by Crippen LogP contribution is 2.51. The SMILES string of the molecule is CCC1(CC)CCC(Oc2ccc(O)c(OC3CCC(CC)(CC)CC3)c2OC2CCC(CC)(CC)CC2)CC1. The molecule has 0 spiro atoms. The number of hydrogen-bond donors (Lipinski definition) is 1. The summed E-state index contributed by atoms with van der Waals surface area (Å²) in [6, 6.07) is 3.68. The predicted octanol–water partition coefficient (Wildman–Crippen LogP) is 10.8. The Morgan fingerprint density at radius 2 is 0.850 bits per heavy atom. The van der Waals surface area contributed by atoms with E-state index < -0.39 is 0 Å². The van der Waals surface area contributed by atoms with E-state index in [4.69, 9.17) is 14.2 Å². The van der Waals surface area contributed by atoms with Gasteiger partial charge in [0.1, 0.15) is 0 Å². The summed E-state index contributed by atoms with van der Waals surface area (Å²) in [6.07, 6.45) is 21.4. The molecule has 1 aromatic carbocycles. The van der Waals surface area contributed by atoms with Crippen molar-refractivity contribution in [3.8, 4) is 23.0 Å². The van der Waals surface area contributed by atoms with E-state index in [9.17, 15) is 5.11 Å². The van der Waals surface area contributed by atoms with Gasteiger partial charge in [0.2, 0.25) is 11.5 Å². The maximum atomic E-state index is 11.1. The Balaban J connectivity index is 1.54. The molecular formula is C36H60O4. The molecule has 1 aromatic rings. The number of rotatable bonds is 12. The van der Waals surface area contributed by atoms with Crippen molar-refractivity contribution >= 4 is 0 Å². The lowest BCUT2D eigenvalue weighted by Crippen LogP contribution is -2.33. The molecule has 3 aliphatic rings. The van der Waals surface area contributed by atoms with Crippen LogP contribution in [0.1, 0.15) is 157 Å². The first-order valence-electron chi connectivity index (χ1n) is 17.1. The van der Waals surface area contributed by atoms with Crippen molar-refractivity contribution in [1.82, 2.24) is 0 Å². The van der Waals surface area contributed by atoms with Gasteiger partial charge in [0.15, 0.2) is 11.5 Å². The Labute approximate surface area is 245 Å². The Hall–Kier alpha value is -1.58. The van der Waals surface area contributed by atoms with Gasteiger partial charge in [-0.15, -0.1) is 0 Å². The lowest BCUT2D eigenvalue weighted by atomic mass is 9.69. The minimum Gasteiger partial charge on any atom is -0.504 e. The summed E-state index contributed by atoms with van der Waals surface area (Å²) >= 11 is 0. The molecule has 1 N–H and O–H groups in total. The highest BCUT2D eigenvalue weighted by molar-refractivity contribution is 5.59. The second-order valence-electron chi connectivity index (χ2n) is 13.8. The van der Waals surface area contributed by atoms with Gasteiger partial charge < -0.3 is 19.3 Å². The third kappa shape index (κ3) is 6.89. The smallest absolute Gasteiger partial charge is 0.207 e. The van der Waals surface area contributed by atoms with Crippen LogP contribution in [0.3, 0.4) is 0 Å². The van der Waals surface area contributed by atoms with Gasteiger partial charge in [0.05, 0.1) is 18.3 Å². The van der Waals surface area contributed by atoms with Crippen LogP contribution in [-0.2, 0) is 0 Å². The monoisotopic (exact) mass is 556 g/mol. The van der Waals surface area contributed by atoms with Crippen molar-refractivity contribution in [3.05, 3.63) is 12.1 Å². The summed E-state index contributed by atoms with van der Waals surface area (Å²) in [5, 5.41) is 11.1. The molecule has 4 rings (SSSR count). The van der Waals surface area contributed by atoms with Crippen LogP contribution in [0, 0.1) is 16.2 Å². The molecule has 4 heteroatoms. The molecule has 0 atom stereocenters. The molecule has 228 valence electrons. The summed E-state index contributed by atoms with van der Waals surface area (Å²) in [6.45, 7) is 14.0. The van der Waals surface area contributed by atoms with Gasteiger partial charge in [-0.1, -0.05) is 80.1 Å². The van der Waals surface area contributed by atoms with Gasteiger partial charge in [-0.3, -0.25) is 0 Å². The van der Waals surface area contributed by atoms with E-state index >= 15 is 0 Å². The van der Waals surface area contributed by atoms with E-state index in [1.807, 2.05) is 6.07 Å². The molecule has 3 fully saturated rings. The molecule has 3 aliphatic carbocycles. The molecule has 3 saturated carbocycles. The van der Waals surface area contributed by atoms with Crippen molar-refractivity contribution in [2.75, 3.05) is 0 Å². The standard InChI is InChI=1S/C36H60O4/c1-7-34(8-2)21-15-27(16-22-34)38-31-14-13-30(37)32(39-28-17-23-35(9-3,10-4)24-18-28)33(31)40-29-19-25-36(11-5,12-6)26-20-29/h13-14,27-29,37H,7-12,15-26H2,1-6H3. The van der Waals surface area contributed by atoms with Crippen LogP contribution in [0.25, 0.3) is 0 Å². The summed E-state index contributed by atoms with van der Waals surface area (Å²) in [7, 11) is 0. The van der Waals surface area contributed by atoms with Gasteiger partial charge in [0.25, 0.3) is 0 Å². The van der Waals surface area contributed by atoms with Crippen LogP contribution in [0.4, 0.5) is 0 Å². The number of phenols is 1. The molecule has 0 saturated heterocycles. The maximum Gasteiger partial charge on any atom is 0.207 e. The molecule has 4 nitrogen and oxygen atoms in total. The summed E-state index contributed by atoms with van der Waals surface area (Å²) < 4.78 is 20.2. The number of ether oxygens (including phenoxy) is 3. The van der Waals surface area contributed by atoms with Gasteiger partial charge in [-0.05, 0) is 105 Å². The van der Waals surface area contributed by atoms with Crippen molar-refractivity contribution < 1.29 is 19.3 Å². The zero-order valence-corrected chi connectivity index (χ0v) is 26.8. The molecule has 0 amide bonds. The summed E-state index contributed by atoms with van der Waals surface area (Å²) in [4.78, 5) is 0. The largest absolute Gasteiger partial charge is 0.504 e. The zero-order valence-electron chi connectivity index (χ0n) is 26.8. The Morgan fingerprint density at radius 3 is 1.20 bits per heavy atom. The Kier molecular flexibility index (Phi) is 10.7. The topological polar surface area (TPSA) is 47.9 Å². The number of aromatic hydroxyl groups is 1. The van der Waals surface area contributed by atoms with Crippen molar-refractivity contribution in [2.24, 2.45) is 16.2 Å². The first-order chi connectivity index (χ1) is 19.3. The van der Waals surface area contributed by atoms with Gasteiger partial charge >= 0.3 is 0 Å². The second kappa shape index (κ2) is 13.6. The van der Waals surface area contributed by atoms with E-state index in [0.717, 1.165) is 44.3 Å². The maximum absolute atomic E-state index is 11.1. The highest BCUT2D eigenvalue weighted by Gasteiger charge is 2.37. The molecule has 0 unspecified atom stereocenters. The van der Waals surface area contributed by atoms with E-state index in [-0.39, 0.29) is 24.1 Å². The first kappa shape index (κ1) is 31.4. The fourth-order valence-corrected chi connectivity index (χ4v) is 8.20. The van der Waals surface area contributed by atoms with E-state index in [1.165, 1.54) is 77.0 Å². The lowest BCUT2D eigenvalue weighted by molar-refractivity contribution is 0.0457. The van der Waals surface area contributed by atoms with Crippen LogP contribution < -0.4 is 14.2 Å². The summed E-state index contributed by atoms with van der Waals surface area (Å²) in [5.41, 5.74) is 1.38. The Morgan fingerprint density at radius 1 is 0.525 bits per heavy atom. The molecule has 0 heterocycles. The minimum absolute atomic E-state index is 0.110. The van der Waals surface area contributed by atoms with Crippen LogP contribution in [-0.4, -0.2) is 23.4 Å². The minimum atomic E-state index is 0.110. The quantitative estimate of drug-likeness (QED) is 0.278. The average molecular weight is 557 g/mol. The lowest BCUT2D eigenvalue weighted by Gasteiger charge is -2.41. The number of benzene rings is 1. The molecular weight excluding hydrogens is 496 g/mol. The van der Waals surface area contributed by atoms with E-state index in [1.54, 1.807) is 6.07 Å². The fourth-order valence-electron chi connectivity index (χ4n) is 8.20. The van der Waals surface area contributed by atoms with Gasteiger partial charge in [-0.2, -0.15) is 0 Å².